The number of rotatable bonds is 6. The number of aromatic hydroxyl groups is 1. The van der Waals surface area contributed by atoms with Gasteiger partial charge in [-0.05, 0) is 78.4 Å². The van der Waals surface area contributed by atoms with Gasteiger partial charge in [0.25, 0.3) is 5.91 Å². The highest BCUT2D eigenvalue weighted by Gasteiger charge is 2.36. The predicted molar refractivity (Wildman–Crippen MR) is 154 cm³/mol. The first-order chi connectivity index (χ1) is 18.7. The molecule has 3 N–H and O–H groups in total. The highest BCUT2D eigenvalue weighted by molar-refractivity contribution is 6.55. The van der Waals surface area contributed by atoms with E-state index in [0.29, 0.717) is 22.4 Å². The molecule has 196 valence electrons. The number of benzene rings is 4. The highest BCUT2D eigenvalue weighted by atomic mass is 16.4. The first-order valence-electron chi connectivity index (χ1n) is 12.7. The number of nitrogens with zero attached hydrogens (tertiary/aromatic N) is 2. The molecular formula is C32H29N3O4. The van der Waals surface area contributed by atoms with Gasteiger partial charge in [-0.2, -0.15) is 5.10 Å². The number of para-hydroxylation sites is 1. The van der Waals surface area contributed by atoms with Crippen molar-refractivity contribution in [1.29, 1.82) is 0 Å². The van der Waals surface area contributed by atoms with Gasteiger partial charge in [-0.3, -0.25) is 15.1 Å². The van der Waals surface area contributed by atoms with Gasteiger partial charge in [0.15, 0.2) is 5.71 Å². The fourth-order valence-electron chi connectivity index (χ4n) is 4.66. The van der Waals surface area contributed by atoms with Gasteiger partial charge in [-0.1, -0.05) is 56.3 Å². The molecule has 1 heterocycles. The normalized spacial score (nSPS) is 13.7. The Balaban J connectivity index is 1.55. The van der Waals surface area contributed by atoms with Gasteiger partial charge >= 0.3 is 5.97 Å². The molecule has 0 saturated heterocycles. The Labute approximate surface area is 227 Å². The summed E-state index contributed by atoms with van der Waals surface area (Å²) in [7, 11) is 0. The van der Waals surface area contributed by atoms with Crippen LogP contribution in [0.15, 0.2) is 84.0 Å². The maximum Gasteiger partial charge on any atom is 0.335 e. The van der Waals surface area contributed by atoms with E-state index in [1.165, 1.54) is 12.1 Å². The van der Waals surface area contributed by atoms with Crippen molar-refractivity contribution in [3.8, 4) is 16.9 Å². The van der Waals surface area contributed by atoms with Gasteiger partial charge in [0.2, 0.25) is 0 Å². The molecule has 0 fully saturated rings. The van der Waals surface area contributed by atoms with E-state index >= 15 is 0 Å². The largest absolute Gasteiger partial charge is 0.505 e. The molecule has 0 aromatic heterocycles. The van der Waals surface area contributed by atoms with Gasteiger partial charge in [-0.15, -0.1) is 0 Å². The molecule has 0 atom stereocenters. The molecule has 7 nitrogen and oxygen atoms in total. The molecule has 0 bridgehead atoms. The third kappa shape index (κ3) is 4.75. The maximum atomic E-state index is 13.8. The van der Waals surface area contributed by atoms with Crippen molar-refractivity contribution in [3.05, 3.63) is 107 Å². The number of hydrogen-bond acceptors (Lipinski definition) is 5. The van der Waals surface area contributed by atoms with Crippen LogP contribution < -0.4 is 10.3 Å². The second kappa shape index (κ2) is 10.1. The molecule has 7 heteroatoms. The van der Waals surface area contributed by atoms with Crippen LogP contribution >= 0.6 is 0 Å². The molecule has 4 aromatic carbocycles. The first kappa shape index (κ1) is 25.7. The number of aryl methyl sites for hydroxylation is 2. The number of phenols is 1. The summed E-state index contributed by atoms with van der Waals surface area (Å²) >= 11 is 0. The zero-order valence-corrected chi connectivity index (χ0v) is 22.2. The number of anilines is 3. The lowest BCUT2D eigenvalue weighted by atomic mass is 10.00. The molecule has 0 saturated carbocycles. The monoisotopic (exact) mass is 519 g/mol. The van der Waals surface area contributed by atoms with Crippen LogP contribution in [0.1, 0.15) is 52.4 Å². The van der Waals surface area contributed by atoms with Crippen molar-refractivity contribution in [2.24, 2.45) is 5.10 Å². The third-order valence-electron chi connectivity index (χ3n) is 7.08. The highest BCUT2D eigenvalue weighted by Crippen LogP contribution is 2.39. The van der Waals surface area contributed by atoms with E-state index < -0.39 is 5.97 Å². The number of carboxylic acids is 1. The smallest absolute Gasteiger partial charge is 0.335 e. The number of aromatic carboxylic acids is 1. The summed E-state index contributed by atoms with van der Waals surface area (Å²) in [5.74, 6) is -1.14. The van der Waals surface area contributed by atoms with Gasteiger partial charge in [0, 0.05) is 16.8 Å². The minimum atomic E-state index is -1.05. The van der Waals surface area contributed by atoms with Crippen LogP contribution in [0.25, 0.3) is 11.1 Å². The molecule has 0 aliphatic carbocycles. The minimum Gasteiger partial charge on any atom is -0.505 e. The van der Waals surface area contributed by atoms with Crippen LogP contribution in [0.2, 0.25) is 0 Å². The van der Waals surface area contributed by atoms with E-state index in [1.54, 1.807) is 35.2 Å². The third-order valence-corrected chi connectivity index (χ3v) is 7.08. The van der Waals surface area contributed by atoms with E-state index in [1.807, 2.05) is 50.2 Å². The molecule has 39 heavy (non-hydrogen) atoms. The van der Waals surface area contributed by atoms with E-state index in [-0.39, 0.29) is 28.8 Å². The number of fused-ring (bicyclic) bond motifs is 1. The second-order valence-electron chi connectivity index (χ2n) is 10.0. The SMILES string of the molecule is Cc1ccc(N2C(=O)/C(=N\Nc3cccc(-c4cccc(C(=O)O)c4)c3O)c3ccc(C(C)C)cc32)cc1C. The van der Waals surface area contributed by atoms with E-state index in [0.717, 1.165) is 28.1 Å². The minimum absolute atomic E-state index is 0.101. The lowest BCUT2D eigenvalue weighted by Gasteiger charge is -2.19. The molecule has 1 aliphatic rings. The summed E-state index contributed by atoms with van der Waals surface area (Å²) in [6.45, 7) is 8.27. The van der Waals surface area contributed by atoms with Crippen LogP contribution in [0, 0.1) is 13.8 Å². The summed E-state index contributed by atoms with van der Waals surface area (Å²) in [5, 5.41) is 24.8. The fraction of sp³-hybridized carbons (Fsp3) is 0.156. The standard InChI is InChI=1S/C32H29N3O4/c1-18(2)21-12-14-26-28(17-21)35(24-13-11-19(3)20(4)15-24)31(37)29(26)34-33-27-10-6-9-25(30(27)36)22-7-5-8-23(16-22)32(38)39/h5-18,33,36H,1-4H3,(H,38,39)/b34-29-. The molecular weight excluding hydrogens is 490 g/mol. The summed E-state index contributed by atoms with van der Waals surface area (Å²) in [6.07, 6.45) is 0. The van der Waals surface area contributed by atoms with Gasteiger partial charge in [0.05, 0.1) is 16.9 Å². The molecule has 0 radical (unpaired) electrons. The lowest BCUT2D eigenvalue weighted by Crippen LogP contribution is -2.26. The quantitative estimate of drug-likeness (QED) is 0.188. The van der Waals surface area contributed by atoms with Crippen LogP contribution in [0.4, 0.5) is 17.1 Å². The van der Waals surface area contributed by atoms with Gasteiger partial charge in [-0.25, -0.2) is 4.79 Å². The summed E-state index contributed by atoms with van der Waals surface area (Å²) < 4.78 is 0. The molecule has 0 unspecified atom stereocenters. The number of nitrogens with one attached hydrogen (secondary N) is 1. The number of hydrogen-bond donors (Lipinski definition) is 3. The number of carbonyl (C=O) groups is 2. The van der Waals surface area contributed by atoms with Crippen LogP contribution in [0.5, 0.6) is 5.75 Å². The molecule has 5 rings (SSSR count). The predicted octanol–water partition coefficient (Wildman–Crippen LogP) is 6.99. The average Bonchev–Trinajstić information content (AvgIpc) is 3.20. The summed E-state index contributed by atoms with van der Waals surface area (Å²) in [4.78, 5) is 26.9. The second-order valence-corrected chi connectivity index (χ2v) is 10.0. The van der Waals surface area contributed by atoms with Crippen LogP contribution in [-0.2, 0) is 4.79 Å². The zero-order chi connectivity index (χ0) is 27.8. The van der Waals surface area contributed by atoms with Crippen LogP contribution in [-0.4, -0.2) is 27.8 Å². The Morgan fingerprint density at radius 2 is 1.67 bits per heavy atom. The van der Waals surface area contributed by atoms with Crippen molar-refractivity contribution in [2.45, 2.75) is 33.6 Å². The van der Waals surface area contributed by atoms with E-state index in [2.05, 4.69) is 24.4 Å². The van der Waals surface area contributed by atoms with E-state index in [4.69, 9.17) is 0 Å². The van der Waals surface area contributed by atoms with Crippen molar-refractivity contribution in [3.63, 3.8) is 0 Å². The molecule has 0 spiro atoms. The zero-order valence-electron chi connectivity index (χ0n) is 22.2. The number of carboxylic acid groups (broad SMARTS) is 1. The Morgan fingerprint density at radius 3 is 2.38 bits per heavy atom. The Kier molecular flexibility index (Phi) is 6.66. The van der Waals surface area contributed by atoms with Crippen molar-refractivity contribution >= 4 is 34.7 Å². The molecule has 4 aromatic rings. The fourth-order valence-corrected chi connectivity index (χ4v) is 4.66. The van der Waals surface area contributed by atoms with Gasteiger partial charge < -0.3 is 10.2 Å². The van der Waals surface area contributed by atoms with Crippen molar-refractivity contribution in [2.75, 3.05) is 10.3 Å². The molecule has 1 aliphatic heterocycles. The Morgan fingerprint density at radius 1 is 0.897 bits per heavy atom. The number of amides is 1. The number of phenolic OH excluding ortho intramolecular Hbond substituents is 1. The summed E-state index contributed by atoms with van der Waals surface area (Å²) in [5.41, 5.74) is 10.1. The van der Waals surface area contributed by atoms with Crippen LogP contribution in [0.3, 0.4) is 0 Å². The molecule has 1 amide bonds. The Bertz CT molecular complexity index is 1660. The number of hydrazone groups is 1. The topological polar surface area (TPSA) is 102 Å². The van der Waals surface area contributed by atoms with Crippen molar-refractivity contribution < 1.29 is 19.8 Å². The maximum absolute atomic E-state index is 13.8. The average molecular weight is 520 g/mol. The van der Waals surface area contributed by atoms with Gasteiger partial charge in [0.1, 0.15) is 5.75 Å². The summed E-state index contributed by atoms with van der Waals surface area (Å²) in [6, 6.07) is 23.3. The number of carbonyl (C=O) groups excluding carboxylic acids is 1. The Hall–Kier alpha value is -4.91. The van der Waals surface area contributed by atoms with E-state index in [9.17, 15) is 19.8 Å². The lowest BCUT2D eigenvalue weighted by molar-refractivity contribution is -0.111. The van der Waals surface area contributed by atoms with Crippen molar-refractivity contribution in [1.82, 2.24) is 0 Å². The first-order valence-corrected chi connectivity index (χ1v) is 12.7.